The number of methoxy groups -OCH3 is 2. The van der Waals surface area contributed by atoms with Crippen molar-refractivity contribution in [2.24, 2.45) is 11.8 Å². The van der Waals surface area contributed by atoms with Gasteiger partial charge in [-0.1, -0.05) is 26.2 Å². The van der Waals surface area contributed by atoms with Crippen LogP contribution in [0, 0.1) is 11.8 Å². The molecule has 4 heteroatoms. The molecule has 106 valence electrons. The quantitative estimate of drug-likeness (QED) is 0.537. The Morgan fingerprint density at radius 3 is 2.50 bits per heavy atom. The zero-order valence-electron chi connectivity index (χ0n) is 11.8. The minimum atomic E-state index is -0.719. The van der Waals surface area contributed by atoms with Gasteiger partial charge in [0.2, 0.25) is 0 Å². The van der Waals surface area contributed by atoms with Gasteiger partial charge < -0.3 is 14.6 Å². The van der Waals surface area contributed by atoms with E-state index < -0.39 is 11.8 Å². The minimum absolute atomic E-state index is 0.180. The second kappa shape index (κ2) is 7.10. The van der Waals surface area contributed by atoms with E-state index in [1.54, 1.807) is 14.2 Å². The van der Waals surface area contributed by atoms with E-state index in [1.165, 1.54) is 12.8 Å². The summed E-state index contributed by atoms with van der Waals surface area (Å²) in [7, 11) is 3.33. The molecule has 0 amide bonds. The molecule has 1 saturated carbocycles. The number of ether oxygens (including phenoxy) is 2. The van der Waals surface area contributed by atoms with Gasteiger partial charge in [-0.25, -0.2) is 0 Å². The van der Waals surface area contributed by atoms with E-state index in [0.29, 0.717) is 0 Å². The van der Waals surface area contributed by atoms with Crippen LogP contribution in [0.5, 0.6) is 0 Å². The number of carboxylic acid groups (broad SMARTS) is 1. The molecule has 0 aromatic carbocycles. The van der Waals surface area contributed by atoms with E-state index in [1.807, 2.05) is 0 Å². The molecule has 2 atom stereocenters. The van der Waals surface area contributed by atoms with Crippen LogP contribution < -0.4 is 0 Å². The molecular weight excluding hydrogens is 232 g/mol. The molecule has 4 nitrogen and oxygen atoms in total. The Bertz CT molecular complexity index is 261. The van der Waals surface area contributed by atoms with Crippen LogP contribution in [0.4, 0.5) is 0 Å². The SMILES string of the molecule is CCCCCC1C(CC(=O)O)CCC1(OC)OC. The van der Waals surface area contributed by atoms with Gasteiger partial charge in [0, 0.05) is 33.0 Å². The molecule has 0 spiro atoms. The van der Waals surface area contributed by atoms with Gasteiger partial charge in [-0.05, 0) is 18.8 Å². The Morgan fingerprint density at radius 1 is 1.33 bits per heavy atom. The van der Waals surface area contributed by atoms with Crippen LogP contribution in [0.25, 0.3) is 0 Å². The second-order valence-corrected chi connectivity index (χ2v) is 5.22. The standard InChI is InChI=1S/C14H26O4/c1-4-5-6-7-12-11(10-13(15)16)8-9-14(12,17-2)18-3/h11-12H,4-10H2,1-3H3,(H,15,16). The summed E-state index contributed by atoms with van der Waals surface area (Å²) < 4.78 is 11.2. The predicted octanol–water partition coefficient (Wildman–Crippen LogP) is 3.06. The Labute approximate surface area is 110 Å². The molecular formula is C14H26O4. The van der Waals surface area contributed by atoms with Crippen molar-refractivity contribution >= 4 is 5.97 Å². The van der Waals surface area contributed by atoms with Crippen LogP contribution in [0.15, 0.2) is 0 Å². The first-order chi connectivity index (χ1) is 8.59. The Hall–Kier alpha value is -0.610. The zero-order valence-corrected chi connectivity index (χ0v) is 11.8. The lowest BCUT2D eigenvalue weighted by Crippen LogP contribution is -2.40. The number of carbonyl (C=O) groups is 1. The van der Waals surface area contributed by atoms with Gasteiger partial charge in [0.1, 0.15) is 0 Å². The van der Waals surface area contributed by atoms with Crippen LogP contribution in [-0.4, -0.2) is 31.1 Å². The van der Waals surface area contributed by atoms with Crippen LogP contribution in [-0.2, 0) is 14.3 Å². The van der Waals surface area contributed by atoms with Gasteiger partial charge in [0.05, 0.1) is 0 Å². The van der Waals surface area contributed by atoms with E-state index in [9.17, 15) is 4.79 Å². The molecule has 1 aliphatic rings. The lowest BCUT2D eigenvalue weighted by molar-refractivity contribution is -0.233. The molecule has 2 unspecified atom stereocenters. The third-order valence-corrected chi connectivity index (χ3v) is 4.24. The molecule has 0 aliphatic heterocycles. The first-order valence-electron chi connectivity index (χ1n) is 6.91. The van der Waals surface area contributed by atoms with Crippen molar-refractivity contribution in [3.63, 3.8) is 0 Å². The third kappa shape index (κ3) is 3.45. The van der Waals surface area contributed by atoms with Gasteiger partial charge in [-0.15, -0.1) is 0 Å². The van der Waals surface area contributed by atoms with E-state index in [2.05, 4.69) is 6.92 Å². The van der Waals surface area contributed by atoms with Crippen molar-refractivity contribution in [2.45, 2.75) is 57.7 Å². The first-order valence-corrected chi connectivity index (χ1v) is 6.91. The highest BCUT2D eigenvalue weighted by atomic mass is 16.7. The van der Waals surface area contributed by atoms with Crippen molar-refractivity contribution in [2.75, 3.05) is 14.2 Å². The Balaban J connectivity index is 2.71. The fourth-order valence-electron chi connectivity index (χ4n) is 3.26. The predicted molar refractivity (Wildman–Crippen MR) is 69.4 cm³/mol. The molecule has 0 radical (unpaired) electrons. The van der Waals surface area contributed by atoms with Crippen LogP contribution in [0.3, 0.4) is 0 Å². The Kier molecular flexibility index (Phi) is 6.09. The van der Waals surface area contributed by atoms with E-state index in [0.717, 1.165) is 25.7 Å². The third-order valence-electron chi connectivity index (χ3n) is 4.24. The molecule has 0 saturated heterocycles. The number of hydrogen-bond acceptors (Lipinski definition) is 3. The molecule has 18 heavy (non-hydrogen) atoms. The van der Waals surface area contributed by atoms with Crippen molar-refractivity contribution in [1.29, 1.82) is 0 Å². The first kappa shape index (κ1) is 15.4. The molecule has 1 N–H and O–H groups in total. The maximum atomic E-state index is 10.9. The summed E-state index contributed by atoms with van der Waals surface area (Å²) in [6.07, 6.45) is 6.37. The van der Waals surface area contributed by atoms with Crippen molar-refractivity contribution in [3.05, 3.63) is 0 Å². The molecule has 0 heterocycles. The second-order valence-electron chi connectivity index (χ2n) is 5.22. The van der Waals surface area contributed by atoms with E-state index in [4.69, 9.17) is 14.6 Å². The van der Waals surface area contributed by atoms with E-state index in [-0.39, 0.29) is 18.3 Å². The highest BCUT2D eigenvalue weighted by Crippen LogP contribution is 2.47. The highest BCUT2D eigenvalue weighted by Gasteiger charge is 2.49. The van der Waals surface area contributed by atoms with Crippen molar-refractivity contribution in [1.82, 2.24) is 0 Å². The van der Waals surface area contributed by atoms with Crippen LogP contribution in [0.2, 0.25) is 0 Å². The number of rotatable bonds is 8. The normalized spacial score (nSPS) is 26.4. The Morgan fingerprint density at radius 2 is 2.00 bits per heavy atom. The van der Waals surface area contributed by atoms with Gasteiger partial charge in [0.25, 0.3) is 0 Å². The molecule has 0 aromatic rings. The molecule has 1 aliphatic carbocycles. The number of carboxylic acids is 1. The number of hydrogen-bond donors (Lipinski definition) is 1. The lowest BCUT2D eigenvalue weighted by Gasteiger charge is -2.34. The fourth-order valence-corrected chi connectivity index (χ4v) is 3.26. The number of unbranched alkanes of at least 4 members (excludes halogenated alkanes) is 2. The highest BCUT2D eigenvalue weighted by molar-refractivity contribution is 5.67. The molecule has 0 aromatic heterocycles. The summed E-state index contributed by atoms with van der Waals surface area (Å²) in [6, 6.07) is 0. The smallest absolute Gasteiger partial charge is 0.303 e. The summed E-state index contributed by atoms with van der Waals surface area (Å²) in [5.74, 6) is -0.897. The lowest BCUT2D eigenvalue weighted by atomic mass is 9.85. The van der Waals surface area contributed by atoms with Gasteiger partial charge in [0.15, 0.2) is 5.79 Å². The monoisotopic (exact) mass is 258 g/mol. The van der Waals surface area contributed by atoms with Crippen LogP contribution in [0.1, 0.15) is 51.9 Å². The average Bonchev–Trinajstić information content (AvgIpc) is 2.68. The zero-order chi connectivity index (χ0) is 13.6. The van der Waals surface area contributed by atoms with Crippen molar-refractivity contribution < 1.29 is 19.4 Å². The molecule has 1 fully saturated rings. The topological polar surface area (TPSA) is 55.8 Å². The maximum absolute atomic E-state index is 10.9. The van der Waals surface area contributed by atoms with Crippen LogP contribution >= 0.6 is 0 Å². The van der Waals surface area contributed by atoms with Gasteiger partial charge in [-0.3, -0.25) is 4.79 Å². The summed E-state index contributed by atoms with van der Waals surface area (Å²) in [4.78, 5) is 10.9. The minimum Gasteiger partial charge on any atom is -0.481 e. The van der Waals surface area contributed by atoms with Gasteiger partial charge >= 0.3 is 5.97 Å². The summed E-state index contributed by atoms with van der Waals surface area (Å²) in [5.41, 5.74) is 0. The largest absolute Gasteiger partial charge is 0.481 e. The number of aliphatic carboxylic acids is 1. The van der Waals surface area contributed by atoms with E-state index >= 15 is 0 Å². The van der Waals surface area contributed by atoms with Crippen molar-refractivity contribution in [3.8, 4) is 0 Å². The molecule has 1 rings (SSSR count). The molecule has 0 bridgehead atoms. The van der Waals surface area contributed by atoms with Gasteiger partial charge in [-0.2, -0.15) is 0 Å². The summed E-state index contributed by atoms with van der Waals surface area (Å²) in [6.45, 7) is 2.17. The summed E-state index contributed by atoms with van der Waals surface area (Å²) >= 11 is 0. The average molecular weight is 258 g/mol. The summed E-state index contributed by atoms with van der Waals surface area (Å²) in [5, 5.41) is 9.00. The maximum Gasteiger partial charge on any atom is 0.303 e. The fraction of sp³-hybridized carbons (Fsp3) is 0.929.